The fourth-order valence-corrected chi connectivity index (χ4v) is 4.55. The van der Waals surface area contributed by atoms with Crippen LogP contribution in [0.3, 0.4) is 0 Å². The maximum atomic E-state index is 12.0. The maximum Gasteiger partial charge on any atom is 0.238 e. The molecule has 0 heterocycles. The first-order chi connectivity index (χ1) is 9.70. The van der Waals surface area contributed by atoms with Crippen molar-refractivity contribution in [1.29, 1.82) is 0 Å². The van der Waals surface area contributed by atoms with Crippen LogP contribution >= 0.6 is 12.2 Å². The van der Waals surface area contributed by atoms with Gasteiger partial charge in [0.1, 0.15) is 0 Å². The molecule has 3 saturated carbocycles. The standard InChI is InChI=1S/C15H25N3OS/c19-14(9-12-8-10-5-6-11(12)7-10)17-18-15(20)16-13-3-1-2-4-13/h10-13H,1-9H2,(H,17,19)(H2,16,18,20)/t10-,11+,12+/m0/s1. The highest BCUT2D eigenvalue weighted by Gasteiger charge is 2.40. The van der Waals surface area contributed by atoms with E-state index in [9.17, 15) is 4.79 Å². The van der Waals surface area contributed by atoms with Crippen molar-refractivity contribution in [2.75, 3.05) is 0 Å². The van der Waals surface area contributed by atoms with Gasteiger partial charge in [-0.25, -0.2) is 0 Å². The number of carbonyl (C=O) groups is 1. The van der Waals surface area contributed by atoms with Crippen LogP contribution in [0.25, 0.3) is 0 Å². The molecule has 3 N–H and O–H groups in total. The van der Waals surface area contributed by atoms with E-state index in [0.717, 1.165) is 11.8 Å². The highest BCUT2D eigenvalue weighted by molar-refractivity contribution is 7.80. The molecule has 3 aliphatic rings. The van der Waals surface area contributed by atoms with E-state index in [2.05, 4.69) is 16.2 Å². The first-order valence-corrected chi connectivity index (χ1v) is 8.47. The number of rotatable bonds is 3. The third-order valence-electron chi connectivity index (χ3n) is 5.34. The zero-order chi connectivity index (χ0) is 13.9. The Morgan fingerprint density at radius 3 is 2.50 bits per heavy atom. The molecule has 0 spiro atoms. The Hall–Kier alpha value is -0.840. The van der Waals surface area contributed by atoms with Crippen LogP contribution in [0.15, 0.2) is 0 Å². The van der Waals surface area contributed by atoms with E-state index in [0.29, 0.717) is 23.5 Å². The summed E-state index contributed by atoms with van der Waals surface area (Å²) in [5.74, 6) is 2.38. The number of nitrogens with one attached hydrogen (secondary N) is 3. The molecule has 20 heavy (non-hydrogen) atoms. The van der Waals surface area contributed by atoms with Gasteiger partial charge in [0.25, 0.3) is 0 Å². The normalized spacial score (nSPS) is 32.3. The van der Waals surface area contributed by atoms with Crippen LogP contribution in [0.1, 0.15) is 57.8 Å². The van der Waals surface area contributed by atoms with Crippen LogP contribution in [0, 0.1) is 17.8 Å². The highest BCUT2D eigenvalue weighted by Crippen LogP contribution is 2.49. The predicted molar refractivity (Wildman–Crippen MR) is 82.8 cm³/mol. The van der Waals surface area contributed by atoms with Gasteiger partial charge < -0.3 is 5.32 Å². The fourth-order valence-electron chi connectivity index (χ4n) is 4.33. The fraction of sp³-hybridized carbons (Fsp3) is 0.867. The summed E-state index contributed by atoms with van der Waals surface area (Å²) in [4.78, 5) is 12.0. The van der Waals surface area contributed by atoms with Crippen LogP contribution in [-0.4, -0.2) is 17.1 Å². The average Bonchev–Trinajstić information content (AvgIpc) is 3.13. The van der Waals surface area contributed by atoms with E-state index in [1.807, 2.05) is 0 Å². The zero-order valence-electron chi connectivity index (χ0n) is 12.0. The molecule has 3 aliphatic carbocycles. The lowest BCUT2D eigenvalue weighted by Gasteiger charge is -2.21. The number of amides is 1. The summed E-state index contributed by atoms with van der Waals surface area (Å²) in [5.41, 5.74) is 5.60. The summed E-state index contributed by atoms with van der Waals surface area (Å²) in [7, 11) is 0. The number of hydrogen-bond acceptors (Lipinski definition) is 2. The highest BCUT2D eigenvalue weighted by atomic mass is 32.1. The van der Waals surface area contributed by atoms with Crippen molar-refractivity contribution in [2.24, 2.45) is 17.8 Å². The Balaban J connectivity index is 1.33. The number of fused-ring (bicyclic) bond motifs is 2. The molecule has 3 rings (SSSR count). The van der Waals surface area contributed by atoms with E-state index in [1.165, 1.54) is 51.4 Å². The van der Waals surface area contributed by atoms with E-state index in [-0.39, 0.29) is 5.91 Å². The Morgan fingerprint density at radius 1 is 1.05 bits per heavy atom. The first-order valence-electron chi connectivity index (χ1n) is 8.06. The van der Waals surface area contributed by atoms with Crippen LogP contribution in [0.4, 0.5) is 0 Å². The van der Waals surface area contributed by atoms with Crippen molar-refractivity contribution < 1.29 is 4.79 Å². The molecule has 3 atom stereocenters. The Labute approximate surface area is 126 Å². The minimum absolute atomic E-state index is 0.0816. The van der Waals surface area contributed by atoms with E-state index in [4.69, 9.17) is 12.2 Å². The van der Waals surface area contributed by atoms with Crippen LogP contribution in [0.5, 0.6) is 0 Å². The summed E-state index contributed by atoms with van der Waals surface area (Å²) in [6, 6.07) is 0.484. The van der Waals surface area contributed by atoms with Crippen LogP contribution in [-0.2, 0) is 4.79 Å². The molecule has 0 radical (unpaired) electrons. The van der Waals surface area contributed by atoms with Gasteiger partial charge in [-0.3, -0.25) is 15.6 Å². The van der Waals surface area contributed by atoms with E-state index >= 15 is 0 Å². The van der Waals surface area contributed by atoms with E-state index < -0.39 is 0 Å². The molecule has 0 unspecified atom stereocenters. The predicted octanol–water partition coefficient (Wildman–Crippen LogP) is 2.25. The van der Waals surface area contributed by atoms with Gasteiger partial charge in [-0.1, -0.05) is 19.3 Å². The van der Waals surface area contributed by atoms with Crippen LogP contribution in [0.2, 0.25) is 0 Å². The molecule has 112 valence electrons. The first kappa shape index (κ1) is 14.1. The quantitative estimate of drug-likeness (QED) is 0.552. The second kappa shape index (κ2) is 6.29. The van der Waals surface area contributed by atoms with Crippen molar-refractivity contribution in [3.63, 3.8) is 0 Å². The third kappa shape index (κ3) is 3.43. The summed E-state index contributed by atoms with van der Waals surface area (Å²) >= 11 is 5.21. The number of hydrogen-bond donors (Lipinski definition) is 3. The molecular formula is C15H25N3OS. The molecule has 0 aromatic carbocycles. The molecule has 4 nitrogen and oxygen atoms in total. The van der Waals surface area contributed by atoms with Crippen molar-refractivity contribution >= 4 is 23.2 Å². The lowest BCUT2D eigenvalue weighted by Crippen LogP contribution is -2.49. The smallest absolute Gasteiger partial charge is 0.238 e. The lowest BCUT2D eigenvalue weighted by atomic mass is 9.86. The molecule has 0 aliphatic heterocycles. The summed E-state index contributed by atoms with van der Waals surface area (Å²) < 4.78 is 0. The molecule has 0 aromatic rings. The second-order valence-corrected chi connectivity index (χ2v) is 7.18. The van der Waals surface area contributed by atoms with Gasteiger partial charge >= 0.3 is 0 Å². The number of carbonyl (C=O) groups excluding carboxylic acids is 1. The van der Waals surface area contributed by atoms with E-state index in [1.54, 1.807) is 0 Å². The molecule has 1 amide bonds. The molecule has 0 aromatic heterocycles. The summed E-state index contributed by atoms with van der Waals surface area (Å²) in [6.45, 7) is 0. The zero-order valence-corrected chi connectivity index (χ0v) is 12.8. The van der Waals surface area contributed by atoms with Gasteiger partial charge in [0.15, 0.2) is 5.11 Å². The average molecular weight is 295 g/mol. The SMILES string of the molecule is O=C(C[C@H]1C[C@H]2CC[C@@H]1C2)NNC(=S)NC1CCCC1. The van der Waals surface area contributed by atoms with Crippen LogP contribution < -0.4 is 16.2 Å². The van der Waals surface area contributed by atoms with Gasteiger partial charge in [-0.2, -0.15) is 0 Å². The maximum absolute atomic E-state index is 12.0. The van der Waals surface area contributed by atoms with Gasteiger partial charge in [0.05, 0.1) is 0 Å². The van der Waals surface area contributed by atoms with Gasteiger partial charge in [-0.05, 0) is 62.1 Å². The van der Waals surface area contributed by atoms with Crippen molar-refractivity contribution in [1.82, 2.24) is 16.2 Å². The van der Waals surface area contributed by atoms with Gasteiger partial charge in [-0.15, -0.1) is 0 Å². The number of thiocarbonyl (C=S) groups is 1. The Morgan fingerprint density at radius 2 is 1.85 bits per heavy atom. The van der Waals surface area contributed by atoms with Crippen molar-refractivity contribution in [3.05, 3.63) is 0 Å². The largest absolute Gasteiger partial charge is 0.359 e. The summed E-state index contributed by atoms with van der Waals surface area (Å²) in [6.07, 6.45) is 10.9. The number of hydrazine groups is 1. The third-order valence-corrected chi connectivity index (χ3v) is 5.56. The van der Waals surface area contributed by atoms with Crippen molar-refractivity contribution in [3.8, 4) is 0 Å². The minimum Gasteiger partial charge on any atom is -0.359 e. The monoisotopic (exact) mass is 295 g/mol. The minimum atomic E-state index is 0.0816. The Kier molecular flexibility index (Phi) is 4.44. The Bertz CT molecular complexity index is 381. The summed E-state index contributed by atoms with van der Waals surface area (Å²) in [5, 5.41) is 3.81. The molecular weight excluding hydrogens is 270 g/mol. The topological polar surface area (TPSA) is 53.2 Å². The van der Waals surface area contributed by atoms with Gasteiger partial charge in [0, 0.05) is 12.5 Å². The molecule has 3 fully saturated rings. The molecule has 2 bridgehead atoms. The van der Waals surface area contributed by atoms with Gasteiger partial charge in [0.2, 0.25) is 5.91 Å². The second-order valence-electron chi connectivity index (χ2n) is 6.77. The molecule has 5 heteroatoms. The molecule has 0 saturated heterocycles. The van der Waals surface area contributed by atoms with Crippen molar-refractivity contribution in [2.45, 2.75) is 63.8 Å². The lowest BCUT2D eigenvalue weighted by molar-refractivity contribution is -0.122.